The molecule has 2 N–H and O–H groups in total. The van der Waals surface area contributed by atoms with Crippen LogP contribution in [0, 0.1) is 0 Å². The van der Waals surface area contributed by atoms with Crippen LogP contribution in [-0.2, 0) is 0 Å². The van der Waals surface area contributed by atoms with Gasteiger partial charge in [-0.25, -0.2) is 9.97 Å². The second-order valence-electron chi connectivity index (χ2n) is 3.07. The van der Waals surface area contributed by atoms with Crippen molar-refractivity contribution in [3.05, 3.63) is 29.2 Å². The maximum Gasteiger partial charge on any atom is 0.136 e. The van der Waals surface area contributed by atoms with Crippen molar-refractivity contribution < 1.29 is 0 Å². The molecule has 3 heterocycles. The predicted molar refractivity (Wildman–Crippen MR) is 65.1 cm³/mol. The minimum absolute atomic E-state index is 0.560. The maximum absolute atomic E-state index is 5.87. The minimum Gasteiger partial charge on any atom is -0.383 e. The van der Waals surface area contributed by atoms with E-state index in [1.165, 1.54) is 11.2 Å². The Morgan fingerprint density at radius 1 is 1.20 bits per heavy atom. The standard InChI is InChI=1S/C10H7N3S2/c11-9-8-6(7-2-1-3-14-7)4-15-10(8)13-5-12-9/h1-5H,(H2,11,12,13). The lowest BCUT2D eigenvalue weighted by atomic mass is 10.2. The molecule has 3 rings (SSSR count). The summed E-state index contributed by atoms with van der Waals surface area (Å²) in [7, 11) is 0. The molecule has 0 radical (unpaired) electrons. The summed E-state index contributed by atoms with van der Waals surface area (Å²) < 4.78 is 0. The summed E-state index contributed by atoms with van der Waals surface area (Å²) in [5.41, 5.74) is 7.01. The maximum atomic E-state index is 5.87. The largest absolute Gasteiger partial charge is 0.383 e. The monoisotopic (exact) mass is 233 g/mol. The third-order valence-electron chi connectivity index (χ3n) is 2.19. The van der Waals surface area contributed by atoms with Crippen molar-refractivity contribution >= 4 is 38.7 Å². The zero-order valence-electron chi connectivity index (χ0n) is 7.68. The zero-order valence-corrected chi connectivity index (χ0v) is 9.31. The summed E-state index contributed by atoms with van der Waals surface area (Å²) in [4.78, 5) is 10.4. The lowest BCUT2D eigenvalue weighted by Gasteiger charge is -1.97. The Bertz CT molecular complexity index is 598. The number of thiophene rings is 2. The fourth-order valence-corrected chi connectivity index (χ4v) is 3.25. The van der Waals surface area contributed by atoms with Crippen LogP contribution in [0.15, 0.2) is 29.2 Å². The molecule has 0 aliphatic heterocycles. The van der Waals surface area contributed by atoms with E-state index < -0.39 is 0 Å². The van der Waals surface area contributed by atoms with E-state index in [4.69, 9.17) is 5.73 Å². The summed E-state index contributed by atoms with van der Waals surface area (Å²) in [5.74, 6) is 0.560. The molecule has 0 unspecified atom stereocenters. The molecule has 3 aromatic heterocycles. The second-order valence-corrected chi connectivity index (χ2v) is 4.87. The Morgan fingerprint density at radius 3 is 2.93 bits per heavy atom. The highest BCUT2D eigenvalue weighted by atomic mass is 32.1. The molecule has 0 aromatic carbocycles. The first-order valence-electron chi connectivity index (χ1n) is 4.38. The Balaban J connectivity index is 2.37. The van der Waals surface area contributed by atoms with Crippen molar-refractivity contribution in [2.75, 3.05) is 5.73 Å². The van der Waals surface area contributed by atoms with Crippen molar-refractivity contribution in [3.8, 4) is 10.4 Å². The van der Waals surface area contributed by atoms with Gasteiger partial charge in [0, 0.05) is 15.8 Å². The van der Waals surface area contributed by atoms with Crippen molar-refractivity contribution in [1.29, 1.82) is 0 Å². The summed E-state index contributed by atoms with van der Waals surface area (Å²) in [6.07, 6.45) is 1.51. The van der Waals surface area contributed by atoms with Crippen molar-refractivity contribution in [2.45, 2.75) is 0 Å². The van der Waals surface area contributed by atoms with Gasteiger partial charge in [0.1, 0.15) is 17.0 Å². The summed E-state index contributed by atoms with van der Waals surface area (Å²) in [6.45, 7) is 0. The molecule has 0 saturated carbocycles. The van der Waals surface area contributed by atoms with Gasteiger partial charge in [0.15, 0.2) is 0 Å². The predicted octanol–water partition coefficient (Wildman–Crippen LogP) is 3.00. The fourth-order valence-electron chi connectivity index (χ4n) is 1.51. The van der Waals surface area contributed by atoms with Crippen LogP contribution in [0.4, 0.5) is 5.82 Å². The number of aromatic nitrogens is 2. The summed E-state index contributed by atoms with van der Waals surface area (Å²) in [6, 6.07) is 4.11. The summed E-state index contributed by atoms with van der Waals surface area (Å²) >= 11 is 3.30. The van der Waals surface area contributed by atoms with Gasteiger partial charge in [-0.2, -0.15) is 0 Å². The van der Waals surface area contributed by atoms with Crippen LogP contribution in [0.3, 0.4) is 0 Å². The van der Waals surface area contributed by atoms with E-state index in [-0.39, 0.29) is 0 Å². The number of hydrogen-bond donors (Lipinski definition) is 1. The number of nitrogens with zero attached hydrogens (tertiary/aromatic N) is 2. The highest BCUT2D eigenvalue weighted by Gasteiger charge is 2.11. The normalized spacial score (nSPS) is 10.9. The van der Waals surface area contributed by atoms with E-state index in [1.54, 1.807) is 22.7 Å². The van der Waals surface area contributed by atoms with E-state index in [0.717, 1.165) is 15.8 Å². The van der Waals surface area contributed by atoms with Gasteiger partial charge < -0.3 is 5.73 Å². The zero-order chi connectivity index (χ0) is 10.3. The van der Waals surface area contributed by atoms with Crippen LogP contribution in [0.5, 0.6) is 0 Å². The number of nitrogen functional groups attached to an aromatic ring is 1. The molecule has 0 amide bonds. The third-order valence-corrected chi connectivity index (χ3v) is 3.98. The molecular formula is C10H7N3S2. The van der Waals surface area contributed by atoms with Crippen molar-refractivity contribution in [1.82, 2.24) is 9.97 Å². The molecule has 0 saturated heterocycles. The molecule has 3 aromatic rings. The second kappa shape index (κ2) is 3.29. The number of nitrogens with two attached hydrogens (primary N) is 1. The topological polar surface area (TPSA) is 51.8 Å². The first-order chi connectivity index (χ1) is 7.36. The van der Waals surface area contributed by atoms with E-state index in [1.807, 2.05) is 6.07 Å². The van der Waals surface area contributed by atoms with Gasteiger partial charge in [-0.05, 0) is 11.4 Å². The van der Waals surface area contributed by atoms with Crippen LogP contribution in [0.25, 0.3) is 20.7 Å². The Morgan fingerprint density at radius 2 is 2.13 bits per heavy atom. The molecule has 0 atom stereocenters. The number of fused-ring (bicyclic) bond motifs is 1. The SMILES string of the molecule is Nc1ncnc2scc(-c3cccs3)c12. The molecule has 5 heteroatoms. The highest BCUT2D eigenvalue weighted by molar-refractivity contribution is 7.18. The minimum atomic E-state index is 0.560. The number of rotatable bonds is 1. The average Bonchev–Trinajstić information content (AvgIpc) is 2.85. The van der Waals surface area contributed by atoms with Crippen molar-refractivity contribution in [2.24, 2.45) is 0 Å². The molecule has 0 fully saturated rings. The Labute approximate surface area is 94.2 Å². The fraction of sp³-hybridized carbons (Fsp3) is 0. The first kappa shape index (κ1) is 8.82. The summed E-state index contributed by atoms with van der Waals surface area (Å²) in [5, 5.41) is 5.12. The lowest BCUT2D eigenvalue weighted by Crippen LogP contribution is -1.91. The first-order valence-corrected chi connectivity index (χ1v) is 6.14. The van der Waals surface area contributed by atoms with Gasteiger partial charge in [0.25, 0.3) is 0 Å². The molecule has 15 heavy (non-hydrogen) atoms. The molecule has 0 bridgehead atoms. The Hall–Kier alpha value is -1.46. The third kappa shape index (κ3) is 1.32. The van der Waals surface area contributed by atoms with Gasteiger partial charge in [0.05, 0.1) is 5.39 Å². The Kier molecular flexibility index (Phi) is 1.93. The smallest absolute Gasteiger partial charge is 0.136 e. The molecular weight excluding hydrogens is 226 g/mol. The van der Waals surface area contributed by atoms with E-state index in [9.17, 15) is 0 Å². The molecule has 0 aliphatic carbocycles. The van der Waals surface area contributed by atoms with Crippen molar-refractivity contribution in [3.63, 3.8) is 0 Å². The van der Waals surface area contributed by atoms with Gasteiger partial charge in [-0.1, -0.05) is 6.07 Å². The van der Waals surface area contributed by atoms with Gasteiger partial charge in [-0.3, -0.25) is 0 Å². The quantitative estimate of drug-likeness (QED) is 0.703. The average molecular weight is 233 g/mol. The van der Waals surface area contributed by atoms with Crippen LogP contribution in [-0.4, -0.2) is 9.97 Å². The van der Waals surface area contributed by atoms with Crippen LogP contribution < -0.4 is 5.73 Å². The van der Waals surface area contributed by atoms with Gasteiger partial charge >= 0.3 is 0 Å². The van der Waals surface area contributed by atoms with E-state index >= 15 is 0 Å². The molecule has 0 spiro atoms. The van der Waals surface area contributed by atoms with Crippen LogP contribution in [0.2, 0.25) is 0 Å². The number of anilines is 1. The highest BCUT2D eigenvalue weighted by Crippen LogP contribution is 2.37. The lowest BCUT2D eigenvalue weighted by molar-refractivity contribution is 1.24. The van der Waals surface area contributed by atoms with E-state index in [2.05, 4.69) is 26.8 Å². The molecule has 0 aliphatic rings. The van der Waals surface area contributed by atoms with Gasteiger partial charge in [-0.15, -0.1) is 22.7 Å². The van der Waals surface area contributed by atoms with Crippen LogP contribution in [0.1, 0.15) is 0 Å². The molecule has 74 valence electrons. The number of hydrogen-bond acceptors (Lipinski definition) is 5. The van der Waals surface area contributed by atoms with Gasteiger partial charge in [0.2, 0.25) is 0 Å². The van der Waals surface area contributed by atoms with Crippen LogP contribution >= 0.6 is 22.7 Å². The molecule has 3 nitrogen and oxygen atoms in total. The van der Waals surface area contributed by atoms with E-state index in [0.29, 0.717) is 5.82 Å².